The lowest BCUT2D eigenvalue weighted by Gasteiger charge is -2.38. The first-order valence-electron chi connectivity index (χ1n) is 22.2. The van der Waals surface area contributed by atoms with Gasteiger partial charge in [-0.1, -0.05) is 63.6 Å². The summed E-state index contributed by atoms with van der Waals surface area (Å²) in [6.07, 6.45) is 3.17. The fraction of sp³-hybridized carbons (Fsp3) is 0.385. The van der Waals surface area contributed by atoms with Crippen LogP contribution < -0.4 is 24.8 Å². The SMILES string of the molecule is COc1ccc(C(=O)Oc2c(C)c3c4c5c2C(=O)C(=C(Nc2ccc(C)cc2)C5=O)NC(=O)/C(C)=C\C=C\[C@H](C)[C@H](O)[C@@H](C)[C@H](O)[C@H](C)[C@H](OC(C)=O)[C@H](C)[C@@H](OC)/C=C/O[C@@](C)(O3)C4=O)cc1. The summed E-state index contributed by atoms with van der Waals surface area (Å²) in [5.41, 5.74) is -0.790. The van der Waals surface area contributed by atoms with Crippen LogP contribution in [0.4, 0.5) is 5.69 Å². The molecule has 16 nitrogen and oxygen atoms in total. The molecule has 360 valence electrons. The minimum absolute atomic E-state index is 0.00975. The van der Waals surface area contributed by atoms with E-state index in [4.69, 9.17) is 28.4 Å². The fourth-order valence-electron chi connectivity index (χ4n) is 8.58. The van der Waals surface area contributed by atoms with Crippen LogP contribution in [0.5, 0.6) is 17.2 Å². The van der Waals surface area contributed by atoms with E-state index < -0.39 is 117 Å². The van der Waals surface area contributed by atoms with E-state index in [2.05, 4.69) is 10.6 Å². The number of nitrogens with one attached hydrogen (secondary N) is 2. The molecular weight excluding hydrogens is 877 g/mol. The zero-order valence-electron chi connectivity index (χ0n) is 39.9. The van der Waals surface area contributed by atoms with Gasteiger partial charge in [-0.15, -0.1) is 0 Å². The fourth-order valence-corrected chi connectivity index (χ4v) is 8.58. The third-order valence-electron chi connectivity index (χ3n) is 12.8. The number of benzene rings is 3. The Bertz CT molecular complexity index is 2630. The van der Waals surface area contributed by atoms with Crippen molar-refractivity contribution in [3.8, 4) is 17.2 Å². The van der Waals surface area contributed by atoms with Gasteiger partial charge in [0.05, 0.1) is 53.9 Å². The lowest BCUT2D eigenvalue weighted by Crippen LogP contribution is -2.46. The molecule has 4 N–H and O–H groups in total. The lowest BCUT2D eigenvalue weighted by molar-refractivity contribution is -0.160. The normalized spacial score (nSPS) is 28.3. The van der Waals surface area contributed by atoms with Crippen molar-refractivity contribution in [1.29, 1.82) is 0 Å². The number of methoxy groups -OCH3 is 2. The van der Waals surface area contributed by atoms with Gasteiger partial charge in [0.1, 0.15) is 34.7 Å². The molecule has 0 spiro atoms. The second kappa shape index (κ2) is 20.6. The van der Waals surface area contributed by atoms with Crippen molar-refractivity contribution < 1.29 is 67.4 Å². The summed E-state index contributed by atoms with van der Waals surface area (Å²) in [7, 11) is 2.87. The predicted octanol–water partition coefficient (Wildman–Crippen LogP) is 6.90. The third kappa shape index (κ3) is 10.0. The number of anilines is 1. The number of carbonyl (C=O) groups is 6. The van der Waals surface area contributed by atoms with Crippen LogP contribution in [0.2, 0.25) is 0 Å². The number of aryl methyl sites for hydroxylation is 1. The average molecular weight is 935 g/mol. The molecule has 7 rings (SSSR count). The molecule has 68 heavy (non-hydrogen) atoms. The number of allylic oxidation sites excluding steroid dienone is 4. The van der Waals surface area contributed by atoms with Crippen LogP contribution >= 0.6 is 0 Å². The van der Waals surface area contributed by atoms with Gasteiger partial charge in [-0.3, -0.25) is 24.0 Å². The summed E-state index contributed by atoms with van der Waals surface area (Å²) in [6.45, 7) is 14.2. The molecule has 3 aromatic carbocycles. The van der Waals surface area contributed by atoms with Gasteiger partial charge in [0.2, 0.25) is 11.6 Å². The Morgan fingerprint density at radius 1 is 0.809 bits per heavy atom. The maximum absolute atomic E-state index is 15.2. The Kier molecular flexibility index (Phi) is 15.3. The highest BCUT2D eigenvalue weighted by atomic mass is 16.7. The summed E-state index contributed by atoms with van der Waals surface area (Å²) in [5, 5.41) is 28.7. The molecule has 0 fully saturated rings. The highest BCUT2D eigenvalue weighted by Gasteiger charge is 2.53. The molecule has 9 atom stereocenters. The van der Waals surface area contributed by atoms with E-state index in [1.807, 2.05) is 6.92 Å². The second-order valence-electron chi connectivity index (χ2n) is 17.6. The van der Waals surface area contributed by atoms with Crippen LogP contribution in [0.3, 0.4) is 0 Å². The monoisotopic (exact) mass is 934 g/mol. The van der Waals surface area contributed by atoms with E-state index in [9.17, 15) is 29.4 Å². The number of rotatable bonds is 7. The Morgan fingerprint density at radius 2 is 1.47 bits per heavy atom. The van der Waals surface area contributed by atoms with Crippen molar-refractivity contribution in [3.05, 3.63) is 129 Å². The Hall–Kier alpha value is -6.88. The highest BCUT2D eigenvalue weighted by molar-refractivity contribution is 6.33. The quantitative estimate of drug-likeness (QED) is 0.140. The van der Waals surface area contributed by atoms with Crippen LogP contribution in [0.1, 0.15) is 101 Å². The Labute approximate surface area is 395 Å². The van der Waals surface area contributed by atoms with Crippen LogP contribution in [-0.2, 0) is 23.8 Å². The molecule has 4 aliphatic rings. The standard InChI is InChI=1S/C52H58N2O14/c1-25-15-19-34(20-16-25)53-40-41-45(59)38-37(44(40)58)39-48(31(7)47(38)67-51(62)33-17-21-35(63-10)22-18-33)68-52(9,49(39)60)65-24-23-36(64-11)28(4)46(66-32(8)55)30(6)43(57)29(5)42(56)26(2)13-12-14-27(3)50(61)54-41/h12-24,26,28-30,36,42-43,46,53,56-57H,1-11H3,(H,54,61)/b13-12+,24-23+,27-14-/t26-,28+,29+,30-,36-,42-,43-,46+,52-/m0/s1. The summed E-state index contributed by atoms with van der Waals surface area (Å²) < 4.78 is 35.2. The molecule has 0 saturated carbocycles. The van der Waals surface area contributed by atoms with Gasteiger partial charge < -0.3 is 49.3 Å². The summed E-state index contributed by atoms with van der Waals surface area (Å²) in [6, 6.07) is 12.8. The first-order valence-corrected chi connectivity index (χ1v) is 22.2. The number of aliphatic hydroxyl groups excluding tert-OH is 2. The molecule has 3 aromatic rings. The molecule has 0 saturated heterocycles. The minimum Gasteiger partial charge on any atom is -0.497 e. The molecule has 3 aliphatic heterocycles. The van der Waals surface area contributed by atoms with Crippen LogP contribution in [0.15, 0.2) is 96.1 Å². The van der Waals surface area contributed by atoms with Crippen molar-refractivity contribution in [2.24, 2.45) is 23.7 Å². The maximum atomic E-state index is 15.2. The number of Topliss-reactive ketones (excluding diaryl/α,β-unsaturated/α-hetero) is 3. The summed E-state index contributed by atoms with van der Waals surface area (Å²) in [5.74, 6) is -10.1. The number of amides is 1. The number of ketones is 3. The number of carbonyl (C=O) groups excluding carboxylic acids is 6. The first kappa shape index (κ1) is 50.5. The number of hydrogen-bond donors (Lipinski definition) is 4. The van der Waals surface area contributed by atoms with E-state index in [1.54, 1.807) is 64.1 Å². The van der Waals surface area contributed by atoms with Gasteiger partial charge >= 0.3 is 17.7 Å². The Morgan fingerprint density at radius 3 is 2.09 bits per heavy atom. The van der Waals surface area contributed by atoms with Gasteiger partial charge in [-0.25, -0.2) is 4.79 Å². The topological polar surface area (TPSA) is 222 Å². The molecule has 1 amide bonds. The van der Waals surface area contributed by atoms with Crippen LogP contribution in [0, 0.1) is 37.5 Å². The van der Waals surface area contributed by atoms with E-state index in [-0.39, 0.29) is 28.0 Å². The van der Waals surface area contributed by atoms with Crippen molar-refractivity contribution in [3.63, 3.8) is 0 Å². The average Bonchev–Trinajstić information content (AvgIpc) is 3.58. The second-order valence-corrected chi connectivity index (χ2v) is 17.6. The van der Waals surface area contributed by atoms with Gasteiger partial charge in [-0.2, -0.15) is 0 Å². The zero-order chi connectivity index (χ0) is 49.9. The van der Waals surface area contributed by atoms with E-state index in [1.165, 1.54) is 78.3 Å². The molecule has 16 heteroatoms. The number of esters is 2. The predicted molar refractivity (Wildman–Crippen MR) is 249 cm³/mol. The van der Waals surface area contributed by atoms with Gasteiger partial charge in [0.15, 0.2) is 0 Å². The van der Waals surface area contributed by atoms with Crippen molar-refractivity contribution in [2.75, 3.05) is 19.5 Å². The molecule has 5 bridgehead atoms. The van der Waals surface area contributed by atoms with Crippen molar-refractivity contribution in [2.45, 2.75) is 92.5 Å². The third-order valence-corrected chi connectivity index (χ3v) is 12.8. The van der Waals surface area contributed by atoms with Crippen LogP contribution in [-0.4, -0.2) is 89.8 Å². The summed E-state index contributed by atoms with van der Waals surface area (Å²) >= 11 is 0. The highest BCUT2D eigenvalue weighted by Crippen LogP contribution is 2.49. The molecule has 0 radical (unpaired) electrons. The van der Waals surface area contributed by atoms with Crippen molar-refractivity contribution >= 4 is 40.9 Å². The molecule has 3 heterocycles. The summed E-state index contributed by atoms with van der Waals surface area (Å²) in [4.78, 5) is 85.7. The minimum atomic E-state index is -2.19. The first-order chi connectivity index (χ1) is 32.1. The smallest absolute Gasteiger partial charge is 0.343 e. The number of ether oxygens (including phenoxy) is 6. The van der Waals surface area contributed by atoms with Crippen molar-refractivity contribution in [1.82, 2.24) is 5.32 Å². The molecule has 1 aliphatic carbocycles. The number of hydrogen-bond acceptors (Lipinski definition) is 15. The largest absolute Gasteiger partial charge is 0.497 e. The molecule has 0 aromatic heterocycles. The number of aliphatic hydroxyl groups is 2. The lowest BCUT2D eigenvalue weighted by atomic mass is 9.78. The van der Waals surface area contributed by atoms with E-state index >= 15 is 9.59 Å². The van der Waals surface area contributed by atoms with Gasteiger partial charge in [0.25, 0.3) is 11.7 Å². The zero-order valence-corrected chi connectivity index (χ0v) is 39.9. The van der Waals surface area contributed by atoms with Gasteiger partial charge in [-0.05, 0) is 63.2 Å². The van der Waals surface area contributed by atoms with Crippen LogP contribution in [0.25, 0.3) is 0 Å². The van der Waals surface area contributed by atoms with E-state index in [0.29, 0.717) is 11.4 Å². The van der Waals surface area contributed by atoms with E-state index in [0.717, 1.165) is 11.8 Å². The molecular formula is C52H58N2O14. The number of fused-ring (bicyclic) bond motifs is 14. The maximum Gasteiger partial charge on any atom is 0.343 e. The van der Waals surface area contributed by atoms with Gasteiger partial charge in [0, 0.05) is 61.5 Å². The Balaban J connectivity index is 1.57. The molecule has 0 unspecified atom stereocenters.